The van der Waals surface area contributed by atoms with Gasteiger partial charge in [-0.25, -0.2) is 0 Å². The molecule has 1 aromatic heterocycles. The van der Waals surface area contributed by atoms with E-state index in [2.05, 4.69) is 0 Å². The van der Waals surface area contributed by atoms with Crippen LogP contribution in [0, 0.1) is 0 Å². The SMILES string of the molecule is CC(C)(C)OC(C=O)N1C(=O)C(N)C1C=Cc1ccco1. The zero-order chi connectivity index (χ0) is 15.6. The minimum Gasteiger partial charge on any atom is -0.465 e. The molecule has 6 heteroatoms. The van der Waals surface area contributed by atoms with E-state index in [1.165, 1.54) is 4.90 Å². The highest BCUT2D eigenvalue weighted by Gasteiger charge is 2.48. The molecule has 0 bridgehead atoms. The molecule has 114 valence electrons. The second kappa shape index (κ2) is 5.83. The van der Waals surface area contributed by atoms with E-state index in [-0.39, 0.29) is 11.9 Å². The summed E-state index contributed by atoms with van der Waals surface area (Å²) in [5.41, 5.74) is 5.27. The Morgan fingerprint density at radius 1 is 1.48 bits per heavy atom. The van der Waals surface area contributed by atoms with Crippen molar-refractivity contribution in [2.24, 2.45) is 5.73 Å². The van der Waals surface area contributed by atoms with Crippen LogP contribution in [0.5, 0.6) is 0 Å². The molecule has 1 aliphatic heterocycles. The van der Waals surface area contributed by atoms with Gasteiger partial charge in [0.1, 0.15) is 11.8 Å². The Morgan fingerprint density at radius 2 is 2.19 bits per heavy atom. The highest BCUT2D eigenvalue weighted by Crippen LogP contribution is 2.26. The number of carbonyl (C=O) groups is 2. The number of rotatable bonds is 5. The topological polar surface area (TPSA) is 85.8 Å². The molecule has 1 fully saturated rings. The van der Waals surface area contributed by atoms with Gasteiger partial charge in [-0.15, -0.1) is 0 Å². The van der Waals surface area contributed by atoms with Crippen LogP contribution in [0.2, 0.25) is 0 Å². The predicted octanol–water partition coefficient (Wildman–Crippen LogP) is 1.17. The van der Waals surface area contributed by atoms with Crippen molar-refractivity contribution >= 4 is 18.3 Å². The normalized spacial score (nSPS) is 24.2. The molecule has 0 saturated carbocycles. The Bertz CT molecular complexity index is 530. The molecule has 2 N–H and O–H groups in total. The van der Waals surface area contributed by atoms with Crippen molar-refractivity contribution in [1.29, 1.82) is 0 Å². The summed E-state index contributed by atoms with van der Waals surface area (Å²) in [7, 11) is 0. The Labute approximate surface area is 123 Å². The van der Waals surface area contributed by atoms with Gasteiger partial charge in [-0.3, -0.25) is 9.59 Å². The molecule has 0 aliphatic carbocycles. The number of β-lactam (4-membered cyclic amide) rings is 1. The summed E-state index contributed by atoms with van der Waals surface area (Å²) in [4.78, 5) is 24.5. The lowest BCUT2D eigenvalue weighted by atomic mass is 9.94. The van der Waals surface area contributed by atoms with Crippen molar-refractivity contribution in [3.63, 3.8) is 0 Å². The maximum Gasteiger partial charge on any atom is 0.244 e. The lowest BCUT2D eigenvalue weighted by Gasteiger charge is -2.47. The smallest absolute Gasteiger partial charge is 0.244 e. The molecule has 2 heterocycles. The largest absolute Gasteiger partial charge is 0.465 e. The van der Waals surface area contributed by atoms with Crippen molar-refractivity contribution in [3.8, 4) is 0 Å². The first kappa shape index (κ1) is 15.5. The summed E-state index contributed by atoms with van der Waals surface area (Å²) >= 11 is 0. The van der Waals surface area contributed by atoms with Crippen LogP contribution in [0.3, 0.4) is 0 Å². The van der Waals surface area contributed by atoms with Gasteiger partial charge in [0.05, 0.1) is 17.9 Å². The molecule has 3 atom stereocenters. The lowest BCUT2D eigenvalue weighted by molar-refractivity contribution is -0.185. The fraction of sp³-hybridized carbons (Fsp3) is 0.467. The maximum atomic E-state index is 11.9. The van der Waals surface area contributed by atoms with Gasteiger partial charge in [0.25, 0.3) is 0 Å². The minimum absolute atomic E-state index is 0.301. The molecule has 21 heavy (non-hydrogen) atoms. The first-order chi connectivity index (χ1) is 9.83. The molecule has 6 nitrogen and oxygen atoms in total. The van der Waals surface area contributed by atoms with Gasteiger partial charge < -0.3 is 19.8 Å². The maximum absolute atomic E-state index is 11.9. The van der Waals surface area contributed by atoms with Crippen LogP contribution in [0.25, 0.3) is 6.08 Å². The Balaban J connectivity index is 2.12. The summed E-state index contributed by atoms with van der Waals surface area (Å²) in [6.45, 7) is 5.46. The Kier molecular flexibility index (Phi) is 4.29. The van der Waals surface area contributed by atoms with Gasteiger partial charge >= 0.3 is 0 Å². The second-order valence-corrected chi connectivity index (χ2v) is 5.89. The molecular weight excluding hydrogens is 272 g/mol. The number of aldehydes is 1. The first-order valence-corrected chi connectivity index (χ1v) is 6.76. The van der Waals surface area contributed by atoms with Gasteiger partial charge in [-0.1, -0.05) is 6.08 Å². The summed E-state index contributed by atoms with van der Waals surface area (Å²) in [6.07, 6.45) is 4.70. The minimum atomic E-state index is -0.941. The van der Waals surface area contributed by atoms with Gasteiger partial charge in [0.15, 0.2) is 12.5 Å². The molecule has 3 unspecified atom stereocenters. The third-order valence-corrected chi connectivity index (χ3v) is 3.09. The zero-order valence-electron chi connectivity index (χ0n) is 12.4. The number of ether oxygens (including phenoxy) is 1. The average molecular weight is 292 g/mol. The molecule has 1 saturated heterocycles. The number of furan rings is 1. The number of amides is 1. The summed E-state index contributed by atoms with van der Waals surface area (Å²) in [5, 5.41) is 0. The predicted molar refractivity (Wildman–Crippen MR) is 77.0 cm³/mol. The van der Waals surface area contributed by atoms with Crippen LogP contribution in [0.15, 0.2) is 28.9 Å². The molecular formula is C15H20N2O4. The fourth-order valence-corrected chi connectivity index (χ4v) is 2.16. The van der Waals surface area contributed by atoms with Crippen LogP contribution in [0.1, 0.15) is 26.5 Å². The van der Waals surface area contributed by atoms with Crippen LogP contribution in [-0.4, -0.2) is 41.0 Å². The molecule has 1 aliphatic rings. The van der Waals surface area contributed by atoms with Crippen LogP contribution in [0.4, 0.5) is 0 Å². The third kappa shape index (κ3) is 3.40. The standard InChI is InChI=1S/C15H20N2O4/c1-15(2,3)21-12(9-18)17-11(13(16)14(17)19)7-6-10-5-4-8-20-10/h4-9,11-13H,16H2,1-3H3. The molecule has 2 rings (SSSR count). The molecule has 0 radical (unpaired) electrons. The molecule has 0 aromatic carbocycles. The van der Waals surface area contributed by atoms with Gasteiger partial charge in [0, 0.05) is 0 Å². The van der Waals surface area contributed by atoms with Crippen molar-refractivity contribution < 1.29 is 18.7 Å². The number of hydrogen-bond acceptors (Lipinski definition) is 5. The quantitative estimate of drug-likeness (QED) is 0.650. The van der Waals surface area contributed by atoms with Crippen LogP contribution >= 0.6 is 0 Å². The van der Waals surface area contributed by atoms with E-state index in [0.29, 0.717) is 12.0 Å². The van der Waals surface area contributed by atoms with Crippen molar-refractivity contribution in [2.75, 3.05) is 0 Å². The molecule has 1 aromatic rings. The van der Waals surface area contributed by atoms with Crippen LogP contribution in [-0.2, 0) is 14.3 Å². The van der Waals surface area contributed by atoms with E-state index in [0.717, 1.165) is 0 Å². The highest BCUT2D eigenvalue weighted by molar-refractivity contribution is 5.92. The summed E-state index contributed by atoms with van der Waals surface area (Å²) in [5.74, 6) is 0.353. The number of hydrogen-bond donors (Lipinski definition) is 1. The third-order valence-electron chi connectivity index (χ3n) is 3.09. The van der Waals surface area contributed by atoms with Crippen molar-refractivity contribution in [1.82, 2.24) is 4.90 Å². The van der Waals surface area contributed by atoms with E-state index in [1.54, 1.807) is 30.5 Å². The highest BCUT2D eigenvalue weighted by atomic mass is 16.5. The van der Waals surface area contributed by atoms with E-state index >= 15 is 0 Å². The Morgan fingerprint density at radius 3 is 2.71 bits per heavy atom. The van der Waals surface area contributed by atoms with Crippen LogP contribution < -0.4 is 5.73 Å². The summed E-state index contributed by atoms with van der Waals surface area (Å²) < 4.78 is 10.8. The molecule has 1 amide bonds. The van der Waals surface area contributed by atoms with E-state index in [4.69, 9.17) is 14.9 Å². The molecule has 0 spiro atoms. The van der Waals surface area contributed by atoms with Gasteiger partial charge in [-0.05, 0) is 39.0 Å². The number of carbonyl (C=O) groups excluding carboxylic acids is 2. The first-order valence-electron chi connectivity index (χ1n) is 6.76. The number of likely N-dealkylation sites (tertiary alicyclic amines) is 1. The van der Waals surface area contributed by atoms with E-state index < -0.39 is 17.9 Å². The average Bonchev–Trinajstić information content (AvgIpc) is 2.92. The van der Waals surface area contributed by atoms with Crippen molar-refractivity contribution in [2.45, 2.75) is 44.7 Å². The van der Waals surface area contributed by atoms with Crippen molar-refractivity contribution in [3.05, 3.63) is 30.2 Å². The number of nitrogens with zero attached hydrogens (tertiary/aromatic N) is 1. The van der Waals surface area contributed by atoms with Gasteiger partial charge in [0.2, 0.25) is 5.91 Å². The monoisotopic (exact) mass is 292 g/mol. The zero-order valence-corrected chi connectivity index (χ0v) is 12.4. The Hall–Kier alpha value is -1.92. The second-order valence-electron chi connectivity index (χ2n) is 5.89. The lowest BCUT2D eigenvalue weighted by Crippen LogP contribution is -2.71. The van der Waals surface area contributed by atoms with E-state index in [9.17, 15) is 9.59 Å². The van der Waals surface area contributed by atoms with Gasteiger partial charge in [-0.2, -0.15) is 0 Å². The summed E-state index contributed by atoms with van der Waals surface area (Å²) in [6, 6.07) is 2.50. The van der Waals surface area contributed by atoms with E-state index in [1.807, 2.05) is 20.8 Å². The number of nitrogens with two attached hydrogens (primary N) is 1. The fourth-order valence-electron chi connectivity index (χ4n) is 2.16.